The van der Waals surface area contributed by atoms with E-state index in [0.717, 1.165) is 28.7 Å². The number of aromatic amines is 2. The Morgan fingerprint density at radius 1 is 1.21 bits per heavy atom. The van der Waals surface area contributed by atoms with E-state index in [-0.39, 0.29) is 17.5 Å². The van der Waals surface area contributed by atoms with Crippen molar-refractivity contribution in [1.29, 1.82) is 0 Å². The number of anilines is 1. The van der Waals surface area contributed by atoms with Crippen LogP contribution in [0.4, 0.5) is 5.82 Å². The summed E-state index contributed by atoms with van der Waals surface area (Å²) in [5.41, 5.74) is 10.9. The summed E-state index contributed by atoms with van der Waals surface area (Å²) in [5, 5.41) is 6.92. The van der Waals surface area contributed by atoms with Crippen LogP contribution in [0.1, 0.15) is 17.5 Å². The van der Waals surface area contributed by atoms with Crippen molar-refractivity contribution in [2.75, 3.05) is 12.3 Å². The SMILES string of the molecule is Nc1nc2nc3c1[nH]c(=O)n3Cc1ccc(-c3cn[nH]c3)c(c1)C/C=C/CCO2. The van der Waals surface area contributed by atoms with Crippen LogP contribution in [-0.4, -0.2) is 36.3 Å². The summed E-state index contributed by atoms with van der Waals surface area (Å²) in [7, 11) is 0. The summed E-state index contributed by atoms with van der Waals surface area (Å²) in [6, 6.07) is 6.36. The van der Waals surface area contributed by atoms with Gasteiger partial charge in [0, 0.05) is 11.8 Å². The van der Waals surface area contributed by atoms with Gasteiger partial charge in [-0.1, -0.05) is 30.4 Å². The summed E-state index contributed by atoms with van der Waals surface area (Å²) < 4.78 is 7.19. The number of aromatic nitrogens is 6. The molecular formula is C20H19N7O2. The second-order valence-corrected chi connectivity index (χ2v) is 6.90. The Balaban J connectivity index is 1.66. The maximum atomic E-state index is 12.6. The van der Waals surface area contributed by atoms with Crippen molar-refractivity contribution in [3.63, 3.8) is 0 Å². The lowest BCUT2D eigenvalue weighted by molar-refractivity contribution is 0.300. The second-order valence-electron chi connectivity index (χ2n) is 6.90. The highest BCUT2D eigenvalue weighted by Gasteiger charge is 2.16. The van der Waals surface area contributed by atoms with Crippen LogP contribution in [0, 0.1) is 0 Å². The first kappa shape index (κ1) is 17.2. The van der Waals surface area contributed by atoms with Crippen molar-refractivity contribution in [2.24, 2.45) is 0 Å². The van der Waals surface area contributed by atoms with E-state index < -0.39 is 0 Å². The highest BCUT2D eigenvalue weighted by atomic mass is 16.5. The maximum absolute atomic E-state index is 12.6. The molecule has 1 aliphatic rings. The molecule has 0 spiro atoms. The van der Waals surface area contributed by atoms with E-state index in [1.165, 1.54) is 0 Å². The Morgan fingerprint density at radius 3 is 3.00 bits per heavy atom. The average molecular weight is 389 g/mol. The lowest BCUT2D eigenvalue weighted by Crippen LogP contribution is -2.18. The predicted octanol–water partition coefficient (Wildman–Crippen LogP) is 2.02. The van der Waals surface area contributed by atoms with Gasteiger partial charge >= 0.3 is 11.7 Å². The highest BCUT2D eigenvalue weighted by molar-refractivity contribution is 5.82. The zero-order valence-corrected chi connectivity index (χ0v) is 15.6. The lowest BCUT2D eigenvalue weighted by Gasteiger charge is -2.11. The summed E-state index contributed by atoms with van der Waals surface area (Å²) >= 11 is 0. The molecule has 4 N–H and O–H groups in total. The van der Waals surface area contributed by atoms with Gasteiger partial charge in [-0.25, -0.2) is 4.79 Å². The van der Waals surface area contributed by atoms with E-state index in [1.54, 1.807) is 10.8 Å². The smallest absolute Gasteiger partial charge is 0.328 e. The topological polar surface area (TPSA) is 128 Å². The van der Waals surface area contributed by atoms with Gasteiger partial charge < -0.3 is 15.5 Å². The number of nitrogen functional groups attached to an aromatic ring is 1. The normalized spacial score (nSPS) is 15.2. The van der Waals surface area contributed by atoms with Gasteiger partial charge in [-0.2, -0.15) is 15.1 Å². The zero-order valence-electron chi connectivity index (χ0n) is 15.6. The number of H-pyrrole nitrogens is 2. The molecule has 1 aliphatic heterocycles. The molecule has 0 fully saturated rings. The largest absolute Gasteiger partial charge is 0.463 e. The van der Waals surface area contributed by atoms with Crippen LogP contribution in [0.3, 0.4) is 0 Å². The molecule has 4 heterocycles. The van der Waals surface area contributed by atoms with E-state index in [4.69, 9.17) is 10.5 Å². The van der Waals surface area contributed by atoms with Crippen molar-refractivity contribution < 1.29 is 4.74 Å². The van der Waals surface area contributed by atoms with Crippen molar-refractivity contribution in [3.05, 3.63) is 64.4 Å². The third-order valence-corrected chi connectivity index (χ3v) is 4.97. The van der Waals surface area contributed by atoms with Crippen LogP contribution < -0.4 is 16.2 Å². The third-order valence-electron chi connectivity index (χ3n) is 4.97. The molecule has 0 saturated carbocycles. The fourth-order valence-electron chi connectivity index (χ4n) is 3.57. The molecule has 0 radical (unpaired) electrons. The van der Waals surface area contributed by atoms with Crippen molar-refractivity contribution in [2.45, 2.75) is 19.4 Å². The highest BCUT2D eigenvalue weighted by Crippen LogP contribution is 2.26. The molecule has 0 amide bonds. The number of benzene rings is 1. The van der Waals surface area contributed by atoms with Crippen molar-refractivity contribution in [3.8, 4) is 17.1 Å². The standard InChI is InChI=1S/C20H19N7O2/c21-17-16-18-26-19(25-17)29-7-3-1-2-4-13-8-12(11-27(18)20(28)24-16)5-6-15(13)14-9-22-23-10-14/h1-2,5-6,8-10H,3-4,7,11H2,(H,22,23)(H,24,28)(H2,21,25,26)/b2-1+. The Kier molecular flexibility index (Phi) is 4.12. The molecule has 29 heavy (non-hydrogen) atoms. The van der Waals surface area contributed by atoms with Crippen LogP contribution in [0.5, 0.6) is 6.01 Å². The van der Waals surface area contributed by atoms with Crippen LogP contribution in [-0.2, 0) is 13.0 Å². The Hall–Kier alpha value is -3.88. The van der Waals surface area contributed by atoms with Crippen LogP contribution in [0.2, 0.25) is 0 Å². The summed E-state index contributed by atoms with van der Waals surface area (Å²) in [4.78, 5) is 23.9. The number of hydrogen-bond acceptors (Lipinski definition) is 6. The molecule has 0 aliphatic carbocycles. The first-order valence-corrected chi connectivity index (χ1v) is 9.34. The molecule has 0 saturated heterocycles. The van der Waals surface area contributed by atoms with Gasteiger partial charge in [0.15, 0.2) is 11.5 Å². The number of allylic oxidation sites excluding steroid dienone is 1. The van der Waals surface area contributed by atoms with Crippen LogP contribution in [0.15, 0.2) is 47.5 Å². The average Bonchev–Trinajstić information content (AvgIpc) is 3.34. The minimum Gasteiger partial charge on any atom is -0.463 e. The fourth-order valence-corrected chi connectivity index (χ4v) is 3.57. The van der Waals surface area contributed by atoms with Crippen molar-refractivity contribution in [1.82, 2.24) is 29.7 Å². The fraction of sp³-hybridized carbons (Fsp3) is 0.200. The zero-order chi connectivity index (χ0) is 19.8. The minimum atomic E-state index is -0.286. The van der Waals surface area contributed by atoms with Crippen LogP contribution >= 0.6 is 0 Å². The first-order chi connectivity index (χ1) is 14.2. The first-order valence-electron chi connectivity index (χ1n) is 9.34. The third kappa shape index (κ3) is 3.16. The number of fused-ring (bicyclic) bond motifs is 3. The predicted molar refractivity (Wildman–Crippen MR) is 109 cm³/mol. The second kappa shape index (κ2) is 6.93. The number of nitrogens with zero attached hydrogens (tertiary/aromatic N) is 4. The van der Waals surface area contributed by atoms with E-state index in [9.17, 15) is 4.79 Å². The molecule has 146 valence electrons. The van der Waals surface area contributed by atoms with E-state index in [2.05, 4.69) is 49.4 Å². The number of hydrogen-bond donors (Lipinski definition) is 3. The van der Waals surface area contributed by atoms with E-state index in [1.807, 2.05) is 12.3 Å². The lowest BCUT2D eigenvalue weighted by atomic mass is 9.97. The van der Waals surface area contributed by atoms with Gasteiger partial charge in [-0.3, -0.25) is 9.67 Å². The maximum Gasteiger partial charge on any atom is 0.328 e. The van der Waals surface area contributed by atoms with Gasteiger partial charge in [-0.05, 0) is 29.5 Å². The molecular weight excluding hydrogens is 370 g/mol. The summed E-state index contributed by atoms with van der Waals surface area (Å²) in [6.07, 6.45) is 9.35. The number of rotatable bonds is 1. The molecule has 4 bridgehead atoms. The van der Waals surface area contributed by atoms with Gasteiger partial charge in [0.2, 0.25) is 0 Å². The number of nitrogens with one attached hydrogen (secondary N) is 2. The molecule has 5 rings (SSSR count). The Morgan fingerprint density at radius 2 is 2.14 bits per heavy atom. The quantitative estimate of drug-likeness (QED) is 0.427. The van der Waals surface area contributed by atoms with E-state index >= 15 is 0 Å². The van der Waals surface area contributed by atoms with Crippen LogP contribution in [0.25, 0.3) is 22.3 Å². The molecule has 9 heteroatoms. The van der Waals surface area contributed by atoms with Gasteiger partial charge in [0.05, 0.1) is 19.3 Å². The van der Waals surface area contributed by atoms with Gasteiger partial charge in [0.25, 0.3) is 0 Å². The Bertz CT molecular complexity index is 1270. The van der Waals surface area contributed by atoms with Gasteiger partial charge in [-0.15, -0.1) is 0 Å². The molecule has 1 aromatic carbocycles. The summed E-state index contributed by atoms with van der Waals surface area (Å²) in [5.74, 6) is 0.194. The number of imidazole rings is 1. The monoisotopic (exact) mass is 389 g/mol. The minimum absolute atomic E-state index is 0.171. The molecule has 3 aromatic heterocycles. The Labute approximate surface area is 165 Å². The molecule has 0 atom stereocenters. The van der Waals surface area contributed by atoms with Gasteiger partial charge in [0.1, 0.15) is 5.52 Å². The molecule has 9 nitrogen and oxygen atoms in total. The molecule has 4 aromatic rings. The summed E-state index contributed by atoms with van der Waals surface area (Å²) in [6.45, 7) is 0.780. The number of nitrogens with two attached hydrogens (primary N) is 1. The number of ether oxygens (including phenoxy) is 1. The molecule has 0 unspecified atom stereocenters. The van der Waals surface area contributed by atoms with E-state index in [0.29, 0.717) is 30.7 Å². The van der Waals surface area contributed by atoms with Crippen molar-refractivity contribution >= 4 is 17.0 Å².